The third-order valence-corrected chi connectivity index (χ3v) is 6.32. The first-order chi connectivity index (χ1) is 10.4. The van der Waals surface area contributed by atoms with Gasteiger partial charge in [-0.2, -0.15) is 0 Å². The van der Waals surface area contributed by atoms with Gasteiger partial charge in [0.1, 0.15) is 0 Å². The Labute approximate surface area is 145 Å². The van der Waals surface area contributed by atoms with Crippen LogP contribution in [0.3, 0.4) is 0 Å². The monoisotopic (exact) mass is 330 g/mol. The molecule has 0 fully saturated rings. The molecular formula is C19H35BN2Si. The summed E-state index contributed by atoms with van der Waals surface area (Å²) in [6.45, 7) is 22.9. The van der Waals surface area contributed by atoms with Gasteiger partial charge in [0.15, 0.2) is 0 Å². The van der Waals surface area contributed by atoms with Crippen LogP contribution < -0.4 is 0 Å². The van der Waals surface area contributed by atoms with Gasteiger partial charge in [-0.15, -0.1) is 0 Å². The van der Waals surface area contributed by atoms with Crippen LogP contribution in [0.15, 0.2) is 23.1 Å². The van der Waals surface area contributed by atoms with E-state index in [4.69, 9.17) is 4.90 Å². The van der Waals surface area contributed by atoms with Gasteiger partial charge in [0, 0.05) is 0 Å². The van der Waals surface area contributed by atoms with E-state index in [2.05, 4.69) is 98.0 Å². The molecule has 0 aliphatic rings. The molecule has 0 aromatic heterocycles. The summed E-state index contributed by atoms with van der Waals surface area (Å²) in [6, 6.07) is 6.61. The maximum absolute atomic E-state index is 5.02. The predicted octanol–water partition coefficient (Wildman–Crippen LogP) is 6.30. The number of hydrogen-bond donors (Lipinski definition) is 0. The quantitative estimate of drug-likeness (QED) is 0.578. The Kier molecular flexibility index (Phi) is 6.42. The normalized spacial score (nSPS) is 13.0. The van der Waals surface area contributed by atoms with Crippen LogP contribution in [0, 0.1) is 0 Å². The van der Waals surface area contributed by atoms with Crippen molar-refractivity contribution >= 4 is 21.1 Å². The van der Waals surface area contributed by atoms with Crippen molar-refractivity contribution in [3.05, 3.63) is 29.3 Å². The van der Waals surface area contributed by atoms with Crippen LogP contribution in [-0.4, -0.2) is 25.5 Å². The van der Waals surface area contributed by atoms with Gasteiger partial charge >= 0.3 is 145 Å². The Morgan fingerprint density at radius 2 is 1.39 bits per heavy atom. The van der Waals surface area contributed by atoms with E-state index in [0.29, 0.717) is 11.8 Å². The first-order valence-electron chi connectivity index (χ1n) is 8.82. The van der Waals surface area contributed by atoms with Crippen molar-refractivity contribution in [3.8, 4) is 0 Å². The zero-order valence-electron chi connectivity index (χ0n) is 16.9. The molecule has 1 rings (SSSR count). The average Bonchev–Trinajstić information content (AvgIpc) is 2.35. The Balaban J connectivity index is 3.40. The van der Waals surface area contributed by atoms with Gasteiger partial charge < -0.3 is 0 Å². The summed E-state index contributed by atoms with van der Waals surface area (Å²) in [5.41, 5.74) is 3.96. The van der Waals surface area contributed by atoms with Crippen LogP contribution in [0.1, 0.15) is 71.4 Å². The van der Waals surface area contributed by atoms with E-state index in [1.165, 1.54) is 16.8 Å². The molecule has 0 saturated carbocycles. The molecule has 0 amide bonds. The molecule has 0 saturated heterocycles. The van der Waals surface area contributed by atoms with Gasteiger partial charge in [-0.25, -0.2) is 0 Å². The van der Waals surface area contributed by atoms with Crippen LogP contribution in [0.2, 0.25) is 19.6 Å². The predicted molar refractivity (Wildman–Crippen MR) is 107 cm³/mol. The fourth-order valence-electron chi connectivity index (χ4n) is 3.13. The number of hydrogen-bond acceptors (Lipinski definition) is 1. The van der Waals surface area contributed by atoms with Gasteiger partial charge in [0.25, 0.3) is 0 Å². The number of rotatable bonds is 5. The molecule has 0 heterocycles. The van der Waals surface area contributed by atoms with Crippen LogP contribution in [-0.2, 0) is 0 Å². The molecule has 2 nitrogen and oxygen atoms in total. The Morgan fingerprint density at radius 3 is 1.70 bits per heavy atom. The zero-order chi connectivity index (χ0) is 18.0. The molecule has 128 valence electrons. The van der Waals surface area contributed by atoms with Crippen LogP contribution in [0.4, 0.5) is 5.69 Å². The first kappa shape index (κ1) is 20.1. The van der Waals surface area contributed by atoms with E-state index >= 15 is 0 Å². The Morgan fingerprint density at radius 1 is 0.957 bits per heavy atom. The summed E-state index contributed by atoms with van der Waals surface area (Å²) in [4.78, 5) is 5.02. The summed E-state index contributed by atoms with van der Waals surface area (Å²) in [5, 5.41) is 0. The van der Waals surface area contributed by atoms with Crippen LogP contribution in [0.5, 0.6) is 0 Å². The fraction of sp³-hybridized carbons (Fsp3) is 0.684. The van der Waals surface area contributed by atoms with Gasteiger partial charge in [-0.05, 0) is 0 Å². The molecule has 4 heteroatoms. The molecule has 0 spiro atoms. The van der Waals surface area contributed by atoms with E-state index in [0.717, 1.165) is 0 Å². The standard InChI is InChI=1S/C19H35BN2Si/c1-14(2)16-12-11-13-17(15(3)4)18(16)21-20-22(19(5,6)7)23(8,9)10/h11-15H,1-10H3. The summed E-state index contributed by atoms with van der Waals surface area (Å²) < 4.78 is 2.49. The van der Waals surface area contributed by atoms with Crippen molar-refractivity contribution in [2.24, 2.45) is 4.90 Å². The van der Waals surface area contributed by atoms with Crippen molar-refractivity contribution in [1.29, 1.82) is 0 Å². The minimum atomic E-state index is -1.48. The van der Waals surface area contributed by atoms with Crippen molar-refractivity contribution in [2.45, 2.75) is 85.5 Å². The Bertz CT molecular complexity index is 511. The second kappa shape index (κ2) is 7.33. The van der Waals surface area contributed by atoms with Gasteiger partial charge in [0.05, 0.1) is 0 Å². The van der Waals surface area contributed by atoms with E-state index < -0.39 is 8.24 Å². The summed E-state index contributed by atoms with van der Waals surface area (Å²) in [7, 11) is 0.629. The topological polar surface area (TPSA) is 15.6 Å². The number of benzene rings is 1. The average molecular weight is 330 g/mol. The van der Waals surface area contributed by atoms with E-state index in [1.807, 2.05) is 0 Å². The Hall–Kier alpha value is -0.898. The molecule has 23 heavy (non-hydrogen) atoms. The van der Waals surface area contributed by atoms with Crippen molar-refractivity contribution < 1.29 is 0 Å². The maximum atomic E-state index is 5.02. The fourth-order valence-corrected chi connectivity index (χ4v) is 5.55. The second-order valence-corrected chi connectivity index (χ2v) is 13.9. The molecule has 0 atom stereocenters. The molecule has 0 bridgehead atoms. The van der Waals surface area contributed by atoms with E-state index in [1.54, 1.807) is 0 Å². The third kappa shape index (κ3) is 5.30. The first-order valence-corrected chi connectivity index (χ1v) is 12.3. The summed E-state index contributed by atoms with van der Waals surface area (Å²) in [6.07, 6.45) is 0. The van der Waals surface area contributed by atoms with Crippen LogP contribution >= 0.6 is 0 Å². The van der Waals surface area contributed by atoms with Crippen LogP contribution in [0.25, 0.3) is 0 Å². The third-order valence-electron chi connectivity index (χ3n) is 4.09. The summed E-state index contributed by atoms with van der Waals surface area (Å²) >= 11 is 0. The SMILES string of the molecule is CC(C)c1cccc(C(C)C)c1N=BN(C(C)(C)C)[Si](C)(C)C. The minimum absolute atomic E-state index is 0.0960. The van der Waals surface area contributed by atoms with Crippen molar-refractivity contribution in [3.63, 3.8) is 0 Å². The molecule has 0 aliphatic heterocycles. The van der Waals surface area contributed by atoms with Gasteiger partial charge in [-0.1, -0.05) is 0 Å². The molecule has 0 aliphatic carbocycles. The van der Waals surface area contributed by atoms with E-state index in [9.17, 15) is 0 Å². The van der Waals surface area contributed by atoms with E-state index in [-0.39, 0.29) is 5.54 Å². The second-order valence-electron chi connectivity index (χ2n) is 9.05. The molecule has 1 aromatic rings. The molecule has 0 radical (unpaired) electrons. The molecular weight excluding hydrogens is 295 g/mol. The molecule has 1 aromatic carbocycles. The summed E-state index contributed by atoms with van der Waals surface area (Å²) in [5.74, 6) is 0.964. The van der Waals surface area contributed by atoms with Crippen molar-refractivity contribution in [1.82, 2.24) is 4.48 Å². The zero-order valence-corrected chi connectivity index (χ0v) is 17.9. The van der Waals surface area contributed by atoms with Gasteiger partial charge in [-0.3, -0.25) is 0 Å². The number of nitrogens with zero attached hydrogens (tertiary/aromatic N) is 2. The van der Waals surface area contributed by atoms with Crippen molar-refractivity contribution in [2.75, 3.05) is 0 Å². The van der Waals surface area contributed by atoms with Gasteiger partial charge in [0.2, 0.25) is 0 Å². The molecule has 0 unspecified atom stereocenters. The molecule has 0 N–H and O–H groups in total.